The number of hydrazone groups is 1. The van der Waals surface area contributed by atoms with Crippen LogP contribution in [0.2, 0.25) is 0 Å². The highest BCUT2D eigenvalue weighted by Crippen LogP contribution is 2.40. The monoisotopic (exact) mass is 589 g/mol. The van der Waals surface area contributed by atoms with Crippen LogP contribution in [0.25, 0.3) is 6.08 Å². The first-order chi connectivity index (χ1) is 20.3. The van der Waals surface area contributed by atoms with E-state index in [-0.39, 0.29) is 18.1 Å². The highest BCUT2D eigenvalue weighted by atomic mass is 32.1. The van der Waals surface area contributed by atoms with Crippen molar-refractivity contribution >= 4 is 52.4 Å². The number of anilines is 1. The van der Waals surface area contributed by atoms with E-state index in [9.17, 15) is 19.2 Å². The Bertz CT molecular complexity index is 1530. The van der Waals surface area contributed by atoms with Crippen LogP contribution in [0.1, 0.15) is 52.2 Å². The lowest BCUT2D eigenvalue weighted by Gasteiger charge is -2.18. The van der Waals surface area contributed by atoms with Crippen LogP contribution in [0, 0.1) is 5.92 Å². The topological polar surface area (TPSA) is 132 Å². The van der Waals surface area contributed by atoms with Gasteiger partial charge in [-0.15, -0.1) is 11.3 Å². The SMILES string of the molecule is CCOC(=O)c1c(NC(=O)C(=O)N/N=C/c2ccc(OC(=O)/C=C/c3ccccc3)c(OC)c2)sc2c1CCC(C)C2. The number of benzene rings is 2. The maximum atomic E-state index is 12.7. The van der Waals surface area contributed by atoms with Gasteiger partial charge in [0, 0.05) is 11.0 Å². The van der Waals surface area contributed by atoms with Gasteiger partial charge in [0.1, 0.15) is 5.00 Å². The number of thiophene rings is 1. The molecule has 10 nitrogen and oxygen atoms in total. The van der Waals surface area contributed by atoms with Crippen molar-refractivity contribution in [1.29, 1.82) is 0 Å². The average molecular weight is 590 g/mol. The second-order valence-corrected chi connectivity index (χ2v) is 10.6. The van der Waals surface area contributed by atoms with Crippen LogP contribution in [0.15, 0.2) is 59.7 Å². The minimum Gasteiger partial charge on any atom is -0.493 e. The third-order valence-corrected chi connectivity index (χ3v) is 7.58. The first kappa shape index (κ1) is 30.2. The van der Waals surface area contributed by atoms with Crippen LogP contribution >= 0.6 is 11.3 Å². The summed E-state index contributed by atoms with van der Waals surface area (Å²) in [6.07, 6.45) is 6.69. The number of fused-ring (bicyclic) bond motifs is 1. The molecule has 1 aliphatic rings. The predicted octanol–water partition coefficient (Wildman–Crippen LogP) is 4.77. The summed E-state index contributed by atoms with van der Waals surface area (Å²) in [5, 5.41) is 6.70. The molecular weight excluding hydrogens is 558 g/mol. The maximum Gasteiger partial charge on any atom is 0.341 e. The zero-order valence-corrected chi connectivity index (χ0v) is 24.3. The molecule has 3 aromatic rings. The molecule has 0 bridgehead atoms. The molecule has 1 atom stereocenters. The number of carbonyl (C=O) groups is 4. The van der Waals surface area contributed by atoms with Crippen LogP contribution in [-0.2, 0) is 32.0 Å². The van der Waals surface area contributed by atoms with E-state index in [4.69, 9.17) is 14.2 Å². The molecule has 2 aromatic carbocycles. The van der Waals surface area contributed by atoms with Gasteiger partial charge in [0.25, 0.3) is 0 Å². The van der Waals surface area contributed by atoms with Gasteiger partial charge < -0.3 is 19.5 Å². The molecule has 11 heteroatoms. The summed E-state index contributed by atoms with van der Waals surface area (Å²) in [6.45, 7) is 4.04. The van der Waals surface area contributed by atoms with Gasteiger partial charge in [-0.3, -0.25) is 9.59 Å². The van der Waals surface area contributed by atoms with E-state index in [1.165, 1.54) is 36.8 Å². The second kappa shape index (κ2) is 14.2. The number of methoxy groups -OCH3 is 1. The van der Waals surface area contributed by atoms with Crippen LogP contribution in [0.5, 0.6) is 11.5 Å². The Kier molecular flexibility index (Phi) is 10.2. The van der Waals surface area contributed by atoms with Gasteiger partial charge >= 0.3 is 23.8 Å². The van der Waals surface area contributed by atoms with Gasteiger partial charge in [0.05, 0.1) is 25.5 Å². The lowest BCUT2D eigenvalue weighted by molar-refractivity contribution is -0.136. The Labute approximate surface area is 247 Å². The van der Waals surface area contributed by atoms with Crippen LogP contribution in [0.4, 0.5) is 5.00 Å². The van der Waals surface area contributed by atoms with Crippen molar-refractivity contribution in [3.63, 3.8) is 0 Å². The lowest BCUT2D eigenvalue weighted by atomic mass is 9.88. The summed E-state index contributed by atoms with van der Waals surface area (Å²) >= 11 is 1.29. The third-order valence-electron chi connectivity index (χ3n) is 6.41. The van der Waals surface area contributed by atoms with Gasteiger partial charge in [0.15, 0.2) is 11.5 Å². The van der Waals surface area contributed by atoms with E-state index in [0.29, 0.717) is 28.5 Å². The molecule has 0 aliphatic heterocycles. The molecule has 218 valence electrons. The molecule has 0 saturated heterocycles. The van der Waals surface area contributed by atoms with Crippen molar-refractivity contribution in [3.8, 4) is 11.5 Å². The summed E-state index contributed by atoms with van der Waals surface area (Å²) in [5.74, 6) is -2.14. The smallest absolute Gasteiger partial charge is 0.341 e. The molecule has 1 heterocycles. The quantitative estimate of drug-likeness (QED) is 0.0918. The zero-order chi connectivity index (χ0) is 30.1. The molecule has 0 radical (unpaired) electrons. The number of hydrogen-bond acceptors (Lipinski definition) is 9. The van der Waals surface area contributed by atoms with Crippen molar-refractivity contribution in [1.82, 2.24) is 5.43 Å². The van der Waals surface area contributed by atoms with Crippen molar-refractivity contribution in [3.05, 3.63) is 81.7 Å². The standard InChI is InChI=1S/C31H31N3O7S/c1-4-40-31(38)27-22-13-10-19(2)16-25(22)42-30(27)33-28(36)29(37)34-32-18-21-11-14-23(24(17-21)39-3)41-26(35)15-12-20-8-6-5-7-9-20/h5-9,11-12,14-15,17-19H,4,10,13,16H2,1-3H3,(H,33,36)(H,34,37)/b15-12+,32-18+. The van der Waals surface area contributed by atoms with Crippen molar-refractivity contribution < 1.29 is 33.4 Å². The lowest BCUT2D eigenvalue weighted by Crippen LogP contribution is -2.32. The molecule has 2 amide bonds. The Balaban J connectivity index is 1.37. The molecule has 0 spiro atoms. The highest BCUT2D eigenvalue weighted by Gasteiger charge is 2.30. The minimum absolute atomic E-state index is 0.196. The van der Waals surface area contributed by atoms with Gasteiger partial charge in [-0.05, 0) is 73.1 Å². The highest BCUT2D eigenvalue weighted by molar-refractivity contribution is 7.17. The van der Waals surface area contributed by atoms with Crippen molar-refractivity contribution in [2.24, 2.45) is 11.0 Å². The number of nitrogens with zero attached hydrogens (tertiary/aromatic N) is 1. The molecule has 42 heavy (non-hydrogen) atoms. The average Bonchev–Trinajstić information content (AvgIpc) is 3.34. The largest absolute Gasteiger partial charge is 0.493 e. The van der Waals surface area contributed by atoms with E-state index in [0.717, 1.165) is 28.8 Å². The summed E-state index contributed by atoms with van der Waals surface area (Å²) < 4.78 is 15.9. The fraction of sp³-hybridized carbons (Fsp3) is 0.258. The maximum absolute atomic E-state index is 12.7. The Morgan fingerprint density at radius 3 is 2.57 bits per heavy atom. The van der Waals surface area contributed by atoms with Crippen molar-refractivity contribution in [2.45, 2.75) is 33.1 Å². The van der Waals surface area contributed by atoms with Gasteiger partial charge in [-0.1, -0.05) is 37.3 Å². The number of hydrogen-bond donors (Lipinski definition) is 2. The van der Waals surface area contributed by atoms with E-state index < -0.39 is 23.8 Å². The molecular formula is C31H31N3O7S. The van der Waals surface area contributed by atoms with E-state index in [2.05, 4.69) is 22.8 Å². The first-order valence-corrected chi connectivity index (χ1v) is 14.2. The number of amides is 2. The zero-order valence-electron chi connectivity index (χ0n) is 23.5. The third kappa shape index (κ3) is 7.70. The molecule has 4 rings (SSSR count). The summed E-state index contributed by atoms with van der Waals surface area (Å²) in [5.41, 5.74) is 4.74. The van der Waals surface area contributed by atoms with Crippen LogP contribution in [0.3, 0.4) is 0 Å². The van der Waals surface area contributed by atoms with E-state index in [1.54, 1.807) is 25.1 Å². The number of ether oxygens (including phenoxy) is 3. The molecule has 1 aromatic heterocycles. The minimum atomic E-state index is -1.01. The fourth-order valence-electron chi connectivity index (χ4n) is 4.35. The fourth-order valence-corrected chi connectivity index (χ4v) is 5.75. The number of nitrogens with one attached hydrogen (secondary N) is 2. The van der Waals surface area contributed by atoms with Crippen LogP contribution in [-0.4, -0.2) is 43.7 Å². The Morgan fingerprint density at radius 2 is 1.83 bits per heavy atom. The Morgan fingerprint density at radius 1 is 1.05 bits per heavy atom. The summed E-state index contributed by atoms with van der Waals surface area (Å²) in [4.78, 5) is 51.0. The second-order valence-electron chi connectivity index (χ2n) is 9.51. The van der Waals surface area contributed by atoms with Gasteiger partial charge in [-0.25, -0.2) is 15.0 Å². The molecule has 0 saturated carbocycles. The molecule has 2 N–H and O–H groups in total. The summed E-state index contributed by atoms with van der Waals surface area (Å²) in [6, 6.07) is 14.0. The van der Waals surface area contributed by atoms with Gasteiger partial charge in [-0.2, -0.15) is 5.10 Å². The summed E-state index contributed by atoms with van der Waals surface area (Å²) in [7, 11) is 1.42. The van der Waals surface area contributed by atoms with Gasteiger partial charge in [0.2, 0.25) is 0 Å². The molecule has 0 fully saturated rings. The normalized spacial score (nSPS) is 14.3. The number of carbonyl (C=O) groups excluding carboxylic acids is 4. The number of rotatable bonds is 9. The Hall–Kier alpha value is -4.77. The first-order valence-electron chi connectivity index (χ1n) is 13.4. The predicted molar refractivity (Wildman–Crippen MR) is 160 cm³/mol. The molecule has 1 unspecified atom stereocenters. The van der Waals surface area contributed by atoms with Crippen molar-refractivity contribution in [2.75, 3.05) is 19.0 Å². The number of esters is 2. The molecule has 1 aliphatic carbocycles. The van der Waals surface area contributed by atoms with E-state index in [1.807, 2.05) is 30.3 Å². The van der Waals surface area contributed by atoms with Crippen LogP contribution < -0.4 is 20.2 Å². The van der Waals surface area contributed by atoms with E-state index >= 15 is 0 Å².